The highest BCUT2D eigenvalue weighted by molar-refractivity contribution is 5.90. The molecule has 0 saturated heterocycles. The van der Waals surface area contributed by atoms with Gasteiger partial charge in [-0.25, -0.2) is 10.3 Å². The Morgan fingerprint density at radius 1 is 0.543 bits per heavy atom. The van der Waals surface area contributed by atoms with Gasteiger partial charge in [0.05, 0.1) is 0 Å². The molecular weight excluding hydrogens is 438 g/mol. The molecule has 4 aromatic carbocycles. The van der Waals surface area contributed by atoms with Crippen LogP contribution in [0.5, 0.6) is 0 Å². The lowest BCUT2D eigenvalue weighted by Gasteiger charge is -2.01. The van der Waals surface area contributed by atoms with Gasteiger partial charge < -0.3 is 5.11 Å². The summed E-state index contributed by atoms with van der Waals surface area (Å²) in [7, 11) is 0. The van der Waals surface area contributed by atoms with Gasteiger partial charge in [-0.3, -0.25) is 10.0 Å². The standard InChI is InChI=1S/C15H13NO2.C15H12O2/c17-15(16-18)11-8-12-6-9-14(10-7-12)13-4-2-1-3-5-13;16-15(17)11-8-12-6-9-14(10-7-12)13-4-2-1-3-5-13/h1-11,18H,(H,16,17);1-11H,(H,16,17)/b2*11-8+. The Bertz CT molecular complexity index is 1280. The van der Waals surface area contributed by atoms with Gasteiger partial charge in [0.1, 0.15) is 0 Å². The molecule has 0 aliphatic carbocycles. The Hall–Kier alpha value is -4.74. The molecule has 0 fully saturated rings. The van der Waals surface area contributed by atoms with Gasteiger partial charge in [-0.2, -0.15) is 0 Å². The lowest BCUT2D eigenvalue weighted by atomic mass is 10.0. The van der Waals surface area contributed by atoms with E-state index in [1.54, 1.807) is 17.6 Å². The summed E-state index contributed by atoms with van der Waals surface area (Å²) in [6.07, 6.45) is 5.63. The van der Waals surface area contributed by atoms with Crippen molar-refractivity contribution < 1.29 is 19.9 Å². The summed E-state index contributed by atoms with van der Waals surface area (Å²) in [6, 6.07) is 35.7. The van der Waals surface area contributed by atoms with E-state index >= 15 is 0 Å². The van der Waals surface area contributed by atoms with Crippen LogP contribution in [-0.2, 0) is 9.59 Å². The zero-order valence-corrected chi connectivity index (χ0v) is 18.9. The molecule has 4 aromatic rings. The van der Waals surface area contributed by atoms with E-state index in [0.717, 1.165) is 39.5 Å². The van der Waals surface area contributed by atoms with Crippen LogP contribution >= 0.6 is 0 Å². The van der Waals surface area contributed by atoms with Crippen molar-refractivity contribution in [2.24, 2.45) is 0 Å². The highest BCUT2D eigenvalue weighted by atomic mass is 16.5. The van der Waals surface area contributed by atoms with Crippen LogP contribution in [0, 0.1) is 0 Å². The number of benzene rings is 4. The number of hydrogen-bond acceptors (Lipinski definition) is 3. The van der Waals surface area contributed by atoms with Crippen LogP contribution in [0.2, 0.25) is 0 Å². The molecule has 5 nitrogen and oxygen atoms in total. The molecule has 0 saturated carbocycles. The SMILES string of the molecule is O=C(/C=C/c1ccc(-c2ccccc2)cc1)NO.O=C(O)/C=C/c1ccc(-c2ccccc2)cc1. The molecule has 5 heteroatoms. The van der Waals surface area contributed by atoms with Gasteiger partial charge in [-0.1, -0.05) is 109 Å². The van der Waals surface area contributed by atoms with E-state index in [-0.39, 0.29) is 0 Å². The third-order valence-corrected chi connectivity index (χ3v) is 4.99. The summed E-state index contributed by atoms with van der Waals surface area (Å²) < 4.78 is 0. The molecule has 4 rings (SSSR count). The number of nitrogens with one attached hydrogen (secondary N) is 1. The molecule has 0 radical (unpaired) electrons. The number of carbonyl (C=O) groups is 2. The first-order valence-corrected chi connectivity index (χ1v) is 10.9. The van der Waals surface area contributed by atoms with Crippen LogP contribution < -0.4 is 5.48 Å². The molecule has 0 heterocycles. The molecule has 0 bridgehead atoms. The third-order valence-electron chi connectivity index (χ3n) is 4.99. The normalized spacial score (nSPS) is 10.5. The third kappa shape index (κ3) is 8.28. The van der Waals surface area contributed by atoms with Crippen LogP contribution in [0.15, 0.2) is 121 Å². The van der Waals surface area contributed by atoms with E-state index < -0.39 is 11.9 Å². The number of hydroxylamine groups is 1. The second-order valence-electron chi connectivity index (χ2n) is 7.46. The maximum atomic E-state index is 10.8. The molecule has 3 N–H and O–H groups in total. The summed E-state index contributed by atoms with van der Waals surface area (Å²) in [5, 5.41) is 16.9. The van der Waals surface area contributed by atoms with Crippen molar-refractivity contribution in [3.05, 3.63) is 132 Å². The molecule has 0 aromatic heterocycles. The van der Waals surface area contributed by atoms with Crippen molar-refractivity contribution in [3.8, 4) is 22.3 Å². The first-order chi connectivity index (χ1) is 17.0. The van der Waals surface area contributed by atoms with Crippen LogP contribution in [-0.4, -0.2) is 22.2 Å². The zero-order chi connectivity index (χ0) is 24.9. The van der Waals surface area contributed by atoms with Gasteiger partial charge in [0.25, 0.3) is 5.91 Å². The van der Waals surface area contributed by atoms with E-state index in [1.165, 1.54) is 6.08 Å². The van der Waals surface area contributed by atoms with E-state index in [0.29, 0.717) is 0 Å². The van der Waals surface area contributed by atoms with E-state index in [4.69, 9.17) is 10.3 Å². The molecule has 0 aliphatic rings. The first kappa shape index (κ1) is 24.9. The van der Waals surface area contributed by atoms with Gasteiger partial charge in [0.2, 0.25) is 0 Å². The summed E-state index contributed by atoms with van der Waals surface area (Å²) >= 11 is 0. The quantitative estimate of drug-likeness (QED) is 0.177. The average molecular weight is 464 g/mol. The fourth-order valence-corrected chi connectivity index (χ4v) is 3.21. The van der Waals surface area contributed by atoms with Crippen molar-refractivity contribution in [2.45, 2.75) is 0 Å². The Labute approximate surface area is 204 Å². The molecule has 0 spiro atoms. The maximum absolute atomic E-state index is 10.8. The van der Waals surface area contributed by atoms with E-state index in [1.807, 2.05) is 109 Å². The first-order valence-electron chi connectivity index (χ1n) is 10.9. The fourth-order valence-electron chi connectivity index (χ4n) is 3.21. The number of rotatable bonds is 6. The lowest BCUT2D eigenvalue weighted by molar-refractivity contribution is -0.131. The molecular formula is C30H25NO4. The minimum atomic E-state index is -0.933. The molecule has 35 heavy (non-hydrogen) atoms. The minimum Gasteiger partial charge on any atom is -0.478 e. The number of hydrogen-bond donors (Lipinski definition) is 3. The minimum absolute atomic E-state index is 0.540. The number of amides is 1. The second kappa shape index (κ2) is 13.1. The molecule has 0 atom stereocenters. The van der Waals surface area contributed by atoms with Gasteiger partial charge >= 0.3 is 5.97 Å². The molecule has 0 aliphatic heterocycles. The Balaban J connectivity index is 0.000000196. The van der Waals surface area contributed by atoms with E-state index in [9.17, 15) is 9.59 Å². The number of aliphatic carboxylic acids is 1. The van der Waals surface area contributed by atoms with Crippen molar-refractivity contribution in [3.63, 3.8) is 0 Å². The predicted octanol–water partition coefficient (Wildman–Crippen LogP) is 6.32. The average Bonchev–Trinajstić information content (AvgIpc) is 2.92. The highest BCUT2D eigenvalue weighted by Gasteiger charge is 1.97. The van der Waals surface area contributed by atoms with Crippen LogP contribution in [0.4, 0.5) is 0 Å². The molecule has 174 valence electrons. The Morgan fingerprint density at radius 2 is 0.914 bits per heavy atom. The second-order valence-corrected chi connectivity index (χ2v) is 7.46. The van der Waals surface area contributed by atoms with Gasteiger partial charge in [-0.05, 0) is 45.5 Å². The van der Waals surface area contributed by atoms with Crippen molar-refractivity contribution >= 4 is 24.0 Å². The number of carboxylic acid groups (broad SMARTS) is 1. The van der Waals surface area contributed by atoms with Gasteiger partial charge in [-0.15, -0.1) is 0 Å². The fraction of sp³-hybridized carbons (Fsp3) is 0. The van der Waals surface area contributed by atoms with Gasteiger partial charge in [0, 0.05) is 12.2 Å². The van der Waals surface area contributed by atoms with Crippen molar-refractivity contribution in [1.29, 1.82) is 0 Å². The van der Waals surface area contributed by atoms with Crippen molar-refractivity contribution in [2.75, 3.05) is 0 Å². The van der Waals surface area contributed by atoms with Crippen LogP contribution in [0.25, 0.3) is 34.4 Å². The topological polar surface area (TPSA) is 86.6 Å². The number of carbonyl (C=O) groups excluding carboxylic acids is 1. The van der Waals surface area contributed by atoms with Crippen LogP contribution in [0.3, 0.4) is 0 Å². The highest BCUT2D eigenvalue weighted by Crippen LogP contribution is 2.20. The Kier molecular flexibility index (Phi) is 9.31. The van der Waals surface area contributed by atoms with E-state index in [2.05, 4.69) is 0 Å². The molecule has 1 amide bonds. The zero-order valence-electron chi connectivity index (χ0n) is 18.9. The van der Waals surface area contributed by atoms with Crippen molar-refractivity contribution in [1.82, 2.24) is 5.48 Å². The summed E-state index contributed by atoms with van der Waals surface area (Å²) in [4.78, 5) is 21.2. The van der Waals surface area contributed by atoms with Gasteiger partial charge in [0.15, 0.2) is 0 Å². The Morgan fingerprint density at radius 3 is 1.29 bits per heavy atom. The number of carboxylic acids is 1. The summed E-state index contributed by atoms with van der Waals surface area (Å²) in [5.41, 5.74) is 7.88. The predicted molar refractivity (Wildman–Crippen MR) is 139 cm³/mol. The monoisotopic (exact) mass is 463 g/mol. The summed E-state index contributed by atoms with van der Waals surface area (Å²) in [5.74, 6) is -1.47. The summed E-state index contributed by atoms with van der Waals surface area (Å²) in [6.45, 7) is 0. The smallest absolute Gasteiger partial charge is 0.328 e. The maximum Gasteiger partial charge on any atom is 0.328 e. The lowest BCUT2D eigenvalue weighted by Crippen LogP contribution is -2.14. The molecule has 0 unspecified atom stereocenters. The largest absolute Gasteiger partial charge is 0.478 e. The van der Waals surface area contributed by atoms with Crippen LogP contribution in [0.1, 0.15) is 11.1 Å².